The molecule has 1 aromatic carbocycles. The molecule has 0 bridgehead atoms. The Balaban J connectivity index is 2.65. The molecule has 0 amide bonds. The van der Waals surface area contributed by atoms with Crippen LogP contribution in [0.4, 0.5) is 0 Å². The first kappa shape index (κ1) is 13.1. The highest BCUT2D eigenvalue weighted by molar-refractivity contribution is 9.10. The van der Waals surface area contributed by atoms with Crippen LogP contribution in [0, 0.1) is 23.4 Å². The second kappa shape index (κ2) is 7.33. The van der Waals surface area contributed by atoms with E-state index < -0.39 is 8.80 Å². The summed E-state index contributed by atoms with van der Waals surface area (Å²) in [4.78, 5) is 0. The maximum Gasteiger partial charge on any atom is 0.202 e. The van der Waals surface area contributed by atoms with Gasteiger partial charge in [-0.15, -0.1) is 17.5 Å². The van der Waals surface area contributed by atoms with Crippen LogP contribution in [0.3, 0.4) is 0 Å². The topological polar surface area (TPSA) is 0 Å². The summed E-state index contributed by atoms with van der Waals surface area (Å²) >= 11 is 3.40. The second-order valence-electron chi connectivity index (χ2n) is 3.64. The molecule has 2 heteroatoms. The van der Waals surface area contributed by atoms with Crippen LogP contribution in [0.1, 0.15) is 25.3 Å². The van der Waals surface area contributed by atoms with Gasteiger partial charge in [0.15, 0.2) is 0 Å². The maximum atomic E-state index is 5.50. The van der Waals surface area contributed by atoms with Crippen molar-refractivity contribution in [3.8, 4) is 23.4 Å². The molecule has 0 saturated carbocycles. The summed E-state index contributed by atoms with van der Waals surface area (Å²) in [5.74, 6) is 3.18. The molecule has 0 spiro atoms. The van der Waals surface area contributed by atoms with Crippen molar-refractivity contribution in [2.45, 2.75) is 25.8 Å². The van der Waals surface area contributed by atoms with E-state index in [1.54, 1.807) is 0 Å². The van der Waals surface area contributed by atoms with E-state index in [1.807, 2.05) is 24.3 Å². The van der Waals surface area contributed by atoms with Crippen LogP contribution in [0.25, 0.3) is 0 Å². The Labute approximate surface area is 108 Å². The summed E-state index contributed by atoms with van der Waals surface area (Å²) in [5.41, 5.74) is 7.20. The summed E-state index contributed by atoms with van der Waals surface area (Å²) in [7, 11) is -1.26. The number of hydrogen-bond acceptors (Lipinski definition) is 0. The molecule has 1 aromatic rings. The van der Waals surface area contributed by atoms with Gasteiger partial charge in [-0.2, -0.15) is 0 Å². The van der Waals surface area contributed by atoms with Crippen molar-refractivity contribution in [2.75, 3.05) is 0 Å². The highest BCUT2D eigenvalue weighted by Crippen LogP contribution is 2.09. The number of halogens is 1. The fraction of sp³-hybridized carbons (Fsp3) is 0.286. The van der Waals surface area contributed by atoms with Crippen LogP contribution >= 0.6 is 15.9 Å². The first-order chi connectivity index (χ1) is 7.76. The molecular formula is C14H15BrSi. The van der Waals surface area contributed by atoms with Crippen molar-refractivity contribution in [3.05, 3.63) is 34.3 Å². The van der Waals surface area contributed by atoms with E-state index in [4.69, 9.17) is 6.42 Å². The van der Waals surface area contributed by atoms with Crippen molar-refractivity contribution in [1.82, 2.24) is 0 Å². The van der Waals surface area contributed by atoms with Crippen LogP contribution < -0.4 is 0 Å². The van der Waals surface area contributed by atoms with Crippen LogP contribution in [0.15, 0.2) is 28.7 Å². The zero-order valence-corrected chi connectivity index (χ0v) is 12.2. The summed E-state index contributed by atoms with van der Waals surface area (Å²) in [6.07, 6.45) is 7.91. The predicted octanol–water partition coefficient (Wildman–Crippen LogP) is 3.54. The third-order valence-corrected chi connectivity index (χ3v) is 4.69. The fourth-order valence-corrected chi connectivity index (χ4v) is 3.13. The number of hydrogen-bond donors (Lipinski definition) is 0. The van der Waals surface area contributed by atoms with Crippen molar-refractivity contribution in [1.29, 1.82) is 0 Å². The molecule has 1 atom stereocenters. The molecule has 0 saturated heterocycles. The average molecular weight is 291 g/mol. The molecule has 0 radical (unpaired) electrons. The molecule has 0 aromatic heterocycles. The van der Waals surface area contributed by atoms with E-state index in [0.717, 1.165) is 16.1 Å². The highest BCUT2D eigenvalue weighted by Gasteiger charge is 2.01. The Hall–Kier alpha value is -0.963. The second-order valence-corrected chi connectivity index (χ2v) is 6.86. The van der Waals surface area contributed by atoms with Gasteiger partial charge in [-0.3, -0.25) is 0 Å². The summed E-state index contributed by atoms with van der Waals surface area (Å²) < 4.78 is 1.08. The minimum absolute atomic E-state index is 1.05. The van der Waals surface area contributed by atoms with Gasteiger partial charge in [-0.25, -0.2) is 0 Å². The van der Waals surface area contributed by atoms with E-state index in [0.29, 0.717) is 0 Å². The molecule has 0 N–H and O–H groups in total. The molecule has 0 aliphatic heterocycles. The number of rotatable bonds is 3. The van der Waals surface area contributed by atoms with E-state index in [1.165, 1.54) is 12.8 Å². The van der Waals surface area contributed by atoms with E-state index in [-0.39, 0.29) is 0 Å². The van der Waals surface area contributed by atoms with Gasteiger partial charge in [0.1, 0.15) is 0 Å². The minimum Gasteiger partial charge on any atom is -0.126 e. The average Bonchev–Trinajstić information content (AvgIpc) is 2.32. The first-order valence-corrected chi connectivity index (χ1v) is 8.26. The zero-order chi connectivity index (χ0) is 11.8. The molecule has 16 heavy (non-hydrogen) atoms. The monoisotopic (exact) mass is 290 g/mol. The standard InChI is InChI=1S/C14H15BrSi/c1-3-5-11-16(4-2)12-10-13-6-8-14(15)9-7-13/h2,6-9,16H,3,5,11H2,1H3. The van der Waals surface area contributed by atoms with Crippen LogP contribution in [0.2, 0.25) is 6.04 Å². The molecular weight excluding hydrogens is 276 g/mol. The molecule has 0 heterocycles. The van der Waals surface area contributed by atoms with Gasteiger partial charge in [0.2, 0.25) is 8.80 Å². The third-order valence-electron chi connectivity index (χ3n) is 2.28. The minimum atomic E-state index is -1.26. The smallest absolute Gasteiger partial charge is 0.126 e. The fourth-order valence-electron chi connectivity index (χ4n) is 1.31. The number of unbranched alkanes of at least 4 members (excludes halogenated alkanes) is 1. The molecule has 82 valence electrons. The van der Waals surface area contributed by atoms with Crippen molar-refractivity contribution < 1.29 is 0 Å². The number of terminal acetylenes is 1. The van der Waals surface area contributed by atoms with Gasteiger partial charge in [0, 0.05) is 10.0 Å². The lowest BCUT2D eigenvalue weighted by molar-refractivity contribution is 0.879. The van der Waals surface area contributed by atoms with Crippen molar-refractivity contribution >= 4 is 24.7 Å². The van der Waals surface area contributed by atoms with Crippen molar-refractivity contribution in [2.24, 2.45) is 0 Å². The molecule has 0 fully saturated rings. The molecule has 0 aliphatic rings. The Kier molecular flexibility index (Phi) is 6.01. The van der Waals surface area contributed by atoms with E-state index >= 15 is 0 Å². The predicted molar refractivity (Wildman–Crippen MR) is 76.7 cm³/mol. The zero-order valence-electron chi connectivity index (χ0n) is 9.46. The Morgan fingerprint density at radius 3 is 2.56 bits per heavy atom. The summed E-state index contributed by atoms with van der Waals surface area (Å²) in [5, 5.41) is 0. The maximum absolute atomic E-state index is 5.50. The lowest BCUT2D eigenvalue weighted by Gasteiger charge is -1.98. The third kappa shape index (κ3) is 4.70. The quantitative estimate of drug-likeness (QED) is 0.590. The Bertz CT molecular complexity index is 417. The van der Waals surface area contributed by atoms with Crippen LogP contribution in [0.5, 0.6) is 0 Å². The van der Waals surface area contributed by atoms with Gasteiger partial charge in [-0.05, 0) is 30.3 Å². The van der Waals surface area contributed by atoms with Gasteiger partial charge in [0.05, 0.1) is 0 Å². The van der Waals surface area contributed by atoms with Gasteiger partial charge in [-0.1, -0.05) is 41.6 Å². The highest BCUT2D eigenvalue weighted by atomic mass is 79.9. The Morgan fingerprint density at radius 1 is 1.31 bits per heavy atom. The van der Waals surface area contributed by atoms with Gasteiger partial charge >= 0.3 is 0 Å². The lowest BCUT2D eigenvalue weighted by atomic mass is 10.2. The van der Waals surface area contributed by atoms with Crippen molar-refractivity contribution in [3.63, 3.8) is 0 Å². The van der Waals surface area contributed by atoms with E-state index in [9.17, 15) is 0 Å². The van der Waals surface area contributed by atoms with Crippen LogP contribution in [-0.2, 0) is 0 Å². The molecule has 1 unspecified atom stereocenters. The van der Waals surface area contributed by atoms with Gasteiger partial charge in [0.25, 0.3) is 0 Å². The lowest BCUT2D eigenvalue weighted by Crippen LogP contribution is -2.06. The molecule has 1 rings (SSSR count). The first-order valence-electron chi connectivity index (χ1n) is 5.49. The Morgan fingerprint density at radius 2 is 2.00 bits per heavy atom. The molecule has 0 aliphatic carbocycles. The molecule has 0 nitrogen and oxygen atoms in total. The largest absolute Gasteiger partial charge is 0.202 e. The van der Waals surface area contributed by atoms with E-state index in [2.05, 4.69) is 39.9 Å². The van der Waals surface area contributed by atoms with Gasteiger partial charge < -0.3 is 0 Å². The normalized spacial score (nSPS) is 11.1. The summed E-state index contributed by atoms with van der Waals surface area (Å²) in [6, 6.07) is 9.17. The SMILES string of the molecule is C#C[SiH](C#Cc1ccc(Br)cc1)CCCC. The number of benzene rings is 1. The summed E-state index contributed by atoms with van der Waals surface area (Å²) in [6.45, 7) is 2.18. The van der Waals surface area contributed by atoms with Crippen LogP contribution in [-0.4, -0.2) is 8.80 Å².